The van der Waals surface area contributed by atoms with E-state index in [1.54, 1.807) is 0 Å². The van der Waals surface area contributed by atoms with Gasteiger partial charge in [0.1, 0.15) is 0 Å². The Morgan fingerprint density at radius 2 is 2.25 bits per heavy atom. The SMILES string of the molecule is CN(C)CCc1c[nH]c2ccc(C[C@H]3COCN3)cc12. The Morgan fingerprint density at radius 1 is 1.35 bits per heavy atom. The van der Waals surface area contributed by atoms with Crippen molar-refractivity contribution in [3.8, 4) is 0 Å². The van der Waals surface area contributed by atoms with E-state index < -0.39 is 0 Å². The molecule has 0 bridgehead atoms. The van der Waals surface area contributed by atoms with E-state index in [1.807, 2.05) is 0 Å². The number of hydrogen-bond acceptors (Lipinski definition) is 3. The Bertz CT molecular complexity index is 570. The van der Waals surface area contributed by atoms with E-state index in [9.17, 15) is 0 Å². The Kier molecular flexibility index (Phi) is 4.05. The van der Waals surface area contributed by atoms with Crippen LogP contribution in [0.3, 0.4) is 0 Å². The molecule has 1 saturated heterocycles. The first kappa shape index (κ1) is 13.6. The number of nitrogens with zero attached hydrogens (tertiary/aromatic N) is 1. The molecule has 0 radical (unpaired) electrons. The van der Waals surface area contributed by atoms with Gasteiger partial charge in [0, 0.05) is 29.7 Å². The van der Waals surface area contributed by atoms with Gasteiger partial charge in [-0.25, -0.2) is 0 Å². The Labute approximate surface area is 120 Å². The molecular formula is C16H23N3O. The fourth-order valence-electron chi connectivity index (χ4n) is 2.76. The van der Waals surface area contributed by atoms with Crippen molar-refractivity contribution in [3.63, 3.8) is 0 Å². The van der Waals surface area contributed by atoms with Crippen molar-refractivity contribution in [1.29, 1.82) is 0 Å². The molecule has 0 aliphatic carbocycles. The first-order valence-corrected chi connectivity index (χ1v) is 7.27. The highest BCUT2D eigenvalue weighted by atomic mass is 16.5. The molecule has 1 aliphatic heterocycles. The molecule has 2 N–H and O–H groups in total. The van der Waals surface area contributed by atoms with Crippen LogP contribution in [0.25, 0.3) is 10.9 Å². The van der Waals surface area contributed by atoms with E-state index in [0.717, 1.165) is 26.0 Å². The van der Waals surface area contributed by atoms with Crippen molar-refractivity contribution in [2.45, 2.75) is 18.9 Å². The molecule has 0 unspecified atom stereocenters. The van der Waals surface area contributed by atoms with Crippen LogP contribution < -0.4 is 5.32 Å². The number of aromatic nitrogens is 1. The molecular weight excluding hydrogens is 250 g/mol. The standard InChI is InChI=1S/C16H23N3O/c1-19(2)6-5-13-9-17-16-4-3-12(8-15(13)16)7-14-10-20-11-18-14/h3-4,8-9,14,17-18H,5-7,10-11H2,1-2H3/t14-/m0/s1. The average Bonchev–Trinajstić information content (AvgIpc) is 3.05. The quantitative estimate of drug-likeness (QED) is 0.872. The number of ether oxygens (including phenoxy) is 1. The monoisotopic (exact) mass is 273 g/mol. The summed E-state index contributed by atoms with van der Waals surface area (Å²) in [7, 11) is 4.23. The lowest BCUT2D eigenvalue weighted by Crippen LogP contribution is -2.25. The van der Waals surface area contributed by atoms with Crippen molar-refractivity contribution < 1.29 is 4.74 Å². The van der Waals surface area contributed by atoms with Gasteiger partial charge in [0.25, 0.3) is 0 Å². The number of H-pyrrole nitrogens is 1. The molecule has 20 heavy (non-hydrogen) atoms. The summed E-state index contributed by atoms with van der Waals surface area (Å²) in [5, 5.41) is 4.73. The minimum atomic E-state index is 0.455. The lowest BCUT2D eigenvalue weighted by atomic mass is 10.0. The topological polar surface area (TPSA) is 40.3 Å². The Morgan fingerprint density at radius 3 is 3.00 bits per heavy atom. The van der Waals surface area contributed by atoms with E-state index in [4.69, 9.17) is 4.74 Å². The number of aromatic amines is 1. The molecule has 1 atom stereocenters. The molecule has 4 nitrogen and oxygen atoms in total. The van der Waals surface area contributed by atoms with Crippen molar-refractivity contribution in [1.82, 2.24) is 15.2 Å². The van der Waals surface area contributed by atoms with Crippen LogP contribution in [-0.2, 0) is 17.6 Å². The van der Waals surface area contributed by atoms with Crippen molar-refractivity contribution in [2.75, 3.05) is 34.0 Å². The summed E-state index contributed by atoms with van der Waals surface area (Å²) in [6.07, 6.45) is 4.27. The van der Waals surface area contributed by atoms with Gasteiger partial charge in [0.05, 0.1) is 13.3 Å². The number of benzene rings is 1. The molecule has 1 aromatic carbocycles. The van der Waals surface area contributed by atoms with Crippen molar-refractivity contribution in [2.24, 2.45) is 0 Å². The largest absolute Gasteiger partial charge is 0.365 e. The molecule has 1 fully saturated rings. The number of nitrogens with one attached hydrogen (secondary N) is 2. The predicted octanol–water partition coefficient (Wildman–Crippen LogP) is 1.76. The minimum Gasteiger partial charge on any atom is -0.365 e. The van der Waals surface area contributed by atoms with Crippen LogP contribution in [0.5, 0.6) is 0 Å². The van der Waals surface area contributed by atoms with E-state index >= 15 is 0 Å². The maximum absolute atomic E-state index is 5.37. The summed E-state index contributed by atoms with van der Waals surface area (Å²) < 4.78 is 5.37. The van der Waals surface area contributed by atoms with Crippen LogP contribution >= 0.6 is 0 Å². The second-order valence-electron chi connectivity index (χ2n) is 5.87. The summed E-state index contributed by atoms with van der Waals surface area (Å²) >= 11 is 0. The average molecular weight is 273 g/mol. The summed E-state index contributed by atoms with van der Waals surface area (Å²) in [6.45, 7) is 2.58. The first-order valence-electron chi connectivity index (χ1n) is 7.27. The molecule has 0 amide bonds. The molecule has 2 heterocycles. The highest BCUT2D eigenvalue weighted by Gasteiger charge is 2.15. The highest BCUT2D eigenvalue weighted by molar-refractivity contribution is 5.83. The third-order valence-corrected chi connectivity index (χ3v) is 3.94. The number of likely N-dealkylation sites (N-methyl/N-ethyl adjacent to an activating group) is 1. The van der Waals surface area contributed by atoms with E-state index in [-0.39, 0.29) is 0 Å². The molecule has 1 aliphatic rings. The Balaban J connectivity index is 1.78. The van der Waals surface area contributed by atoms with Gasteiger partial charge in [0.15, 0.2) is 0 Å². The smallest absolute Gasteiger partial charge is 0.0969 e. The third kappa shape index (κ3) is 3.03. The molecule has 4 heteroatoms. The number of fused-ring (bicyclic) bond motifs is 1. The molecule has 1 aromatic heterocycles. The minimum absolute atomic E-state index is 0.455. The maximum atomic E-state index is 5.37. The normalized spacial score (nSPS) is 19.2. The van der Waals surface area contributed by atoms with Gasteiger partial charge < -0.3 is 14.6 Å². The summed E-state index contributed by atoms with van der Waals surface area (Å²) in [6, 6.07) is 7.20. The van der Waals surface area contributed by atoms with Gasteiger partial charge in [-0.05, 0) is 50.2 Å². The number of rotatable bonds is 5. The first-order chi connectivity index (χ1) is 9.72. The van der Waals surface area contributed by atoms with E-state index in [2.05, 4.69) is 53.7 Å². The van der Waals surface area contributed by atoms with E-state index in [1.165, 1.54) is 22.0 Å². The van der Waals surface area contributed by atoms with Crippen molar-refractivity contribution in [3.05, 3.63) is 35.5 Å². The van der Waals surface area contributed by atoms with Crippen LogP contribution in [0.2, 0.25) is 0 Å². The Hall–Kier alpha value is -1.36. The molecule has 0 saturated carbocycles. The van der Waals surface area contributed by atoms with E-state index in [0.29, 0.717) is 12.8 Å². The van der Waals surface area contributed by atoms with Crippen LogP contribution in [0, 0.1) is 0 Å². The summed E-state index contributed by atoms with van der Waals surface area (Å²) in [5.41, 5.74) is 4.02. The summed E-state index contributed by atoms with van der Waals surface area (Å²) in [4.78, 5) is 5.60. The third-order valence-electron chi connectivity index (χ3n) is 3.94. The van der Waals surface area contributed by atoms with Crippen molar-refractivity contribution >= 4 is 10.9 Å². The predicted molar refractivity (Wildman–Crippen MR) is 82.0 cm³/mol. The fraction of sp³-hybridized carbons (Fsp3) is 0.500. The zero-order valence-corrected chi connectivity index (χ0v) is 12.3. The van der Waals surface area contributed by atoms with Crippen LogP contribution in [0.15, 0.2) is 24.4 Å². The fourth-order valence-corrected chi connectivity index (χ4v) is 2.76. The van der Waals surface area contributed by atoms with Gasteiger partial charge in [-0.1, -0.05) is 6.07 Å². The van der Waals surface area contributed by atoms with Crippen LogP contribution in [0.4, 0.5) is 0 Å². The molecule has 108 valence electrons. The molecule has 0 spiro atoms. The van der Waals surface area contributed by atoms with Gasteiger partial charge in [0.2, 0.25) is 0 Å². The second-order valence-corrected chi connectivity index (χ2v) is 5.87. The van der Waals surface area contributed by atoms with Gasteiger partial charge >= 0.3 is 0 Å². The molecule has 3 rings (SSSR count). The van der Waals surface area contributed by atoms with Gasteiger partial charge in [-0.2, -0.15) is 0 Å². The second kappa shape index (κ2) is 5.95. The zero-order chi connectivity index (χ0) is 13.9. The van der Waals surface area contributed by atoms with Crippen LogP contribution in [0.1, 0.15) is 11.1 Å². The zero-order valence-electron chi connectivity index (χ0n) is 12.3. The maximum Gasteiger partial charge on any atom is 0.0969 e. The van der Waals surface area contributed by atoms with Gasteiger partial charge in [-0.3, -0.25) is 5.32 Å². The van der Waals surface area contributed by atoms with Crippen LogP contribution in [-0.4, -0.2) is 49.9 Å². The van der Waals surface area contributed by atoms with Gasteiger partial charge in [-0.15, -0.1) is 0 Å². The lowest BCUT2D eigenvalue weighted by Gasteiger charge is -2.10. The lowest BCUT2D eigenvalue weighted by molar-refractivity contribution is 0.189. The summed E-state index contributed by atoms with van der Waals surface area (Å²) in [5.74, 6) is 0. The molecule has 2 aromatic rings. The highest BCUT2D eigenvalue weighted by Crippen LogP contribution is 2.21. The number of hydrogen-bond donors (Lipinski definition) is 2.